The molecule has 28 heavy (non-hydrogen) atoms. The molecule has 1 aliphatic rings. The number of amides is 1. The number of anilines is 1. The van der Waals surface area contributed by atoms with Crippen molar-refractivity contribution in [1.82, 2.24) is 24.6 Å². The molecule has 0 spiro atoms. The normalized spacial score (nSPS) is 14.3. The minimum atomic E-state index is -0.318. The lowest BCUT2D eigenvalue weighted by molar-refractivity contribution is 0.110. The third kappa shape index (κ3) is 3.50. The number of benzene rings is 1. The molecule has 4 rings (SSSR count). The summed E-state index contributed by atoms with van der Waals surface area (Å²) in [5.41, 5.74) is 1.54. The zero-order valence-corrected chi connectivity index (χ0v) is 15.9. The largest absolute Gasteiger partial charge is 0.445 e. The monoisotopic (exact) mass is 398 g/mol. The molecule has 0 atom stereocenters. The molecule has 0 aliphatic carbocycles. The summed E-state index contributed by atoms with van der Waals surface area (Å²) in [4.78, 5) is 24.7. The average molecular weight is 399 g/mol. The number of hydrogen-bond donors (Lipinski definition) is 0. The third-order valence-electron chi connectivity index (χ3n) is 4.56. The van der Waals surface area contributed by atoms with E-state index in [1.807, 2.05) is 24.3 Å². The number of fused-ring (bicyclic) bond motifs is 1. The van der Waals surface area contributed by atoms with Gasteiger partial charge >= 0.3 is 6.09 Å². The highest BCUT2D eigenvalue weighted by Gasteiger charge is 2.24. The van der Waals surface area contributed by atoms with Crippen molar-refractivity contribution in [2.24, 2.45) is 0 Å². The van der Waals surface area contributed by atoms with Crippen LogP contribution >= 0.6 is 11.6 Å². The van der Waals surface area contributed by atoms with Gasteiger partial charge in [0.25, 0.3) is 0 Å². The van der Waals surface area contributed by atoms with E-state index in [1.165, 1.54) is 6.33 Å². The standard InChI is InChI=1S/C19H19ClN6O2/c1-2-10-28-19(27)25-8-6-24(7-9-25)17-16-12-23-26(18(16)22-13-21-17)15-5-3-4-14(20)11-15/h2-5,11-13H,1,6-10H2. The van der Waals surface area contributed by atoms with E-state index in [2.05, 4.69) is 26.5 Å². The van der Waals surface area contributed by atoms with Crippen LogP contribution < -0.4 is 4.90 Å². The Hall–Kier alpha value is -3.13. The molecule has 2 aromatic heterocycles. The maximum Gasteiger partial charge on any atom is 0.410 e. The zero-order valence-electron chi connectivity index (χ0n) is 15.2. The molecule has 1 fully saturated rings. The van der Waals surface area contributed by atoms with E-state index in [0.717, 1.165) is 16.9 Å². The Morgan fingerprint density at radius 3 is 2.82 bits per heavy atom. The van der Waals surface area contributed by atoms with Crippen LogP contribution in [0.15, 0.2) is 49.4 Å². The van der Waals surface area contributed by atoms with Crippen LogP contribution in [0.3, 0.4) is 0 Å². The van der Waals surface area contributed by atoms with Crippen LogP contribution in [0.4, 0.5) is 10.6 Å². The minimum absolute atomic E-state index is 0.217. The molecule has 3 aromatic rings. The van der Waals surface area contributed by atoms with Gasteiger partial charge < -0.3 is 14.5 Å². The fourth-order valence-corrected chi connectivity index (χ4v) is 3.39. The van der Waals surface area contributed by atoms with Crippen LogP contribution in [-0.2, 0) is 4.74 Å². The molecule has 0 radical (unpaired) electrons. The molecule has 1 aliphatic heterocycles. The number of hydrogen-bond acceptors (Lipinski definition) is 6. The van der Waals surface area contributed by atoms with E-state index < -0.39 is 0 Å². The van der Waals surface area contributed by atoms with Crippen LogP contribution in [0, 0.1) is 0 Å². The number of ether oxygens (including phenoxy) is 1. The second-order valence-electron chi connectivity index (χ2n) is 6.31. The van der Waals surface area contributed by atoms with Crippen molar-refractivity contribution in [3.63, 3.8) is 0 Å². The van der Waals surface area contributed by atoms with Gasteiger partial charge in [0.05, 0.1) is 17.3 Å². The Morgan fingerprint density at radius 1 is 1.25 bits per heavy atom. The van der Waals surface area contributed by atoms with Crippen LogP contribution in [0.25, 0.3) is 16.7 Å². The van der Waals surface area contributed by atoms with Gasteiger partial charge in [0, 0.05) is 31.2 Å². The van der Waals surface area contributed by atoms with Crippen molar-refractivity contribution in [2.45, 2.75) is 0 Å². The molecule has 0 N–H and O–H groups in total. The Labute approximate surface area is 167 Å². The van der Waals surface area contributed by atoms with E-state index in [9.17, 15) is 4.79 Å². The Kier molecular flexibility index (Phi) is 5.12. The van der Waals surface area contributed by atoms with Gasteiger partial charge in [-0.1, -0.05) is 30.3 Å². The van der Waals surface area contributed by atoms with Crippen LogP contribution in [-0.4, -0.2) is 63.5 Å². The molecule has 3 heterocycles. The van der Waals surface area contributed by atoms with Gasteiger partial charge in [0.2, 0.25) is 0 Å². The highest BCUT2D eigenvalue weighted by Crippen LogP contribution is 2.26. The molecule has 1 aromatic carbocycles. The summed E-state index contributed by atoms with van der Waals surface area (Å²) >= 11 is 6.11. The Bertz CT molecular complexity index is 1010. The van der Waals surface area contributed by atoms with Crippen molar-refractivity contribution >= 4 is 34.5 Å². The molecule has 0 bridgehead atoms. The van der Waals surface area contributed by atoms with E-state index in [4.69, 9.17) is 16.3 Å². The van der Waals surface area contributed by atoms with Crippen molar-refractivity contribution in [3.05, 3.63) is 54.5 Å². The molecule has 144 valence electrons. The quantitative estimate of drug-likeness (QED) is 0.629. The zero-order chi connectivity index (χ0) is 19.5. The molecule has 0 unspecified atom stereocenters. The van der Waals surface area contributed by atoms with Gasteiger partial charge in [-0.05, 0) is 18.2 Å². The number of carbonyl (C=O) groups excluding carboxylic acids is 1. The van der Waals surface area contributed by atoms with E-state index in [1.54, 1.807) is 21.9 Å². The predicted octanol–water partition coefficient (Wildman–Crippen LogP) is 2.91. The smallest absolute Gasteiger partial charge is 0.410 e. The van der Waals surface area contributed by atoms with E-state index in [-0.39, 0.29) is 12.7 Å². The maximum atomic E-state index is 12.0. The van der Waals surface area contributed by atoms with Crippen molar-refractivity contribution < 1.29 is 9.53 Å². The number of aromatic nitrogens is 4. The number of rotatable bonds is 4. The van der Waals surface area contributed by atoms with Gasteiger partial charge in [0.15, 0.2) is 5.65 Å². The lowest BCUT2D eigenvalue weighted by atomic mass is 10.3. The Balaban J connectivity index is 1.56. The number of carbonyl (C=O) groups is 1. The molecule has 9 heteroatoms. The highest BCUT2D eigenvalue weighted by molar-refractivity contribution is 6.30. The summed E-state index contributed by atoms with van der Waals surface area (Å²) in [6.07, 6.45) is 4.53. The summed E-state index contributed by atoms with van der Waals surface area (Å²) in [6.45, 7) is 6.19. The predicted molar refractivity (Wildman–Crippen MR) is 107 cm³/mol. The summed E-state index contributed by atoms with van der Waals surface area (Å²) < 4.78 is 6.85. The van der Waals surface area contributed by atoms with Crippen LogP contribution in [0.5, 0.6) is 0 Å². The first kappa shape index (κ1) is 18.2. The lowest BCUT2D eigenvalue weighted by Gasteiger charge is -2.34. The van der Waals surface area contributed by atoms with Gasteiger partial charge in [0.1, 0.15) is 18.8 Å². The molecule has 1 saturated heterocycles. The molecule has 8 nitrogen and oxygen atoms in total. The molecule has 0 saturated carbocycles. The third-order valence-corrected chi connectivity index (χ3v) is 4.79. The summed E-state index contributed by atoms with van der Waals surface area (Å²) in [6, 6.07) is 7.45. The van der Waals surface area contributed by atoms with Gasteiger partial charge in [-0.3, -0.25) is 0 Å². The molecule has 1 amide bonds. The summed E-state index contributed by atoms with van der Waals surface area (Å²) in [7, 11) is 0. The van der Waals surface area contributed by atoms with Crippen molar-refractivity contribution in [2.75, 3.05) is 37.7 Å². The number of piperazine rings is 1. The number of nitrogens with zero attached hydrogens (tertiary/aromatic N) is 6. The fourth-order valence-electron chi connectivity index (χ4n) is 3.20. The highest BCUT2D eigenvalue weighted by atomic mass is 35.5. The summed E-state index contributed by atoms with van der Waals surface area (Å²) in [5.74, 6) is 0.803. The first-order valence-electron chi connectivity index (χ1n) is 8.89. The second kappa shape index (κ2) is 7.85. The van der Waals surface area contributed by atoms with Gasteiger partial charge in [-0.2, -0.15) is 5.10 Å². The van der Waals surface area contributed by atoms with Gasteiger partial charge in [-0.25, -0.2) is 19.4 Å². The van der Waals surface area contributed by atoms with Crippen LogP contribution in [0.2, 0.25) is 5.02 Å². The maximum absolute atomic E-state index is 12.0. The molecular weight excluding hydrogens is 380 g/mol. The van der Waals surface area contributed by atoms with E-state index in [0.29, 0.717) is 36.8 Å². The first-order chi connectivity index (χ1) is 13.7. The minimum Gasteiger partial charge on any atom is -0.445 e. The SMILES string of the molecule is C=CCOC(=O)N1CCN(c2ncnc3c2cnn3-c2cccc(Cl)c2)CC1. The fraction of sp³-hybridized carbons (Fsp3) is 0.263. The van der Waals surface area contributed by atoms with Crippen LogP contribution in [0.1, 0.15) is 0 Å². The topological polar surface area (TPSA) is 76.4 Å². The summed E-state index contributed by atoms with van der Waals surface area (Å²) in [5, 5.41) is 5.96. The Morgan fingerprint density at radius 2 is 2.07 bits per heavy atom. The van der Waals surface area contributed by atoms with Crippen molar-refractivity contribution in [3.8, 4) is 5.69 Å². The average Bonchev–Trinajstić information content (AvgIpc) is 3.16. The lowest BCUT2D eigenvalue weighted by Crippen LogP contribution is -2.49. The first-order valence-corrected chi connectivity index (χ1v) is 9.27. The van der Waals surface area contributed by atoms with Crippen molar-refractivity contribution in [1.29, 1.82) is 0 Å². The van der Waals surface area contributed by atoms with Gasteiger partial charge in [-0.15, -0.1) is 0 Å². The van der Waals surface area contributed by atoms with E-state index >= 15 is 0 Å². The molecular formula is C19H19ClN6O2. The second-order valence-corrected chi connectivity index (χ2v) is 6.75. The number of halogens is 1.